The Morgan fingerprint density at radius 1 is 1.08 bits per heavy atom. The zero-order chi connectivity index (χ0) is 19.6. The third kappa shape index (κ3) is 11.8. The number of nitrogens with one attached hydrogen (secondary N) is 1. The van der Waals surface area contributed by atoms with Crippen molar-refractivity contribution in [2.45, 2.75) is 76.5 Å². The number of hydrogen-bond acceptors (Lipinski definition) is 5. The first-order valence-electron chi connectivity index (χ1n) is 10.4. The molecule has 0 radical (unpaired) electrons. The Kier molecular flexibility index (Phi) is 11.1. The predicted octanol–water partition coefficient (Wildman–Crippen LogP) is 3.07. The highest BCUT2D eigenvalue weighted by Gasteiger charge is 2.24. The first-order valence-corrected chi connectivity index (χ1v) is 17.5. The maximum Gasteiger partial charge on any atom is 0.134 e. The third-order valence-corrected chi connectivity index (χ3v) is 10.7. The lowest BCUT2D eigenvalue weighted by atomic mass is 10.3. The van der Waals surface area contributed by atoms with E-state index in [9.17, 15) is 5.11 Å². The van der Waals surface area contributed by atoms with Crippen LogP contribution in [0.5, 0.6) is 0 Å². The van der Waals surface area contributed by atoms with Gasteiger partial charge in [0.05, 0.1) is 19.3 Å². The molecule has 1 rings (SSSR count). The molecule has 0 spiro atoms. The van der Waals surface area contributed by atoms with Gasteiger partial charge in [-0.15, -0.1) is 0 Å². The van der Waals surface area contributed by atoms with Gasteiger partial charge in [-0.2, -0.15) is 0 Å². The molecule has 0 aliphatic carbocycles. The first-order chi connectivity index (χ1) is 12.1. The molecule has 156 valence electrons. The summed E-state index contributed by atoms with van der Waals surface area (Å²) in [4.78, 5) is 2.39. The Labute approximate surface area is 163 Å². The van der Waals surface area contributed by atoms with Crippen molar-refractivity contribution in [3.8, 4) is 0 Å². The summed E-state index contributed by atoms with van der Waals surface area (Å²) in [6, 6.07) is 4.21. The predicted molar refractivity (Wildman–Crippen MR) is 117 cm³/mol. The number of aliphatic hydroxyl groups is 1. The van der Waals surface area contributed by atoms with E-state index in [4.69, 9.17) is 9.47 Å². The van der Waals surface area contributed by atoms with Crippen molar-refractivity contribution in [2.75, 3.05) is 46.0 Å². The SMILES string of the molecule is CC(O)C(NCCN1CCOCC1)OCCC[Si](C)(C)CC[Si](C)(C)C. The van der Waals surface area contributed by atoms with Gasteiger partial charge >= 0.3 is 0 Å². The third-order valence-electron chi connectivity index (χ3n) is 5.16. The van der Waals surface area contributed by atoms with Crippen molar-refractivity contribution >= 4 is 16.1 Å². The molecule has 2 atom stereocenters. The van der Waals surface area contributed by atoms with Crippen LogP contribution in [0, 0.1) is 0 Å². The second kappa shape index (κ2) is 11.9. The van der Waals surface area contributed by atoms with Crippen LogP contribution in [0.2, 0.25) is 50.9 Å². The number of ether oxygens (including phenoxy) is 2. The summed E-state index contributed by atoms with van der Waals surface area (Å²) in [6.45, 7) is 20.4. The average Bonchev–Trinajstić information content (AvgIpc) is 2.55. The van der Waals surface area contributed by atoms with Crippen molar-refractivity contribution in [3.05, 3.63) is 0 Å². The van der Waals surface area contributed by atoms with E-state index in [-0.39, 0.29) is 6.23 Å². The molecule has 2 unspecified atom stereocenters. The molecule has 2 N–H and O–H groups in total. The molecule has 0 aromatic carbocycles. The molecule has 1 saturated heterocycles. The average molecular weight is 405 g/mol. The van der Waals surface area contributed by atoms with E-state index in [1.165, 1.54) is 18.1 Å². The number of hydrogen-bond donors (Lipinski definition) is 2. The van der Waals surface area contributed by atoms with Gasteiger partial charge in [0.1, 0.15) is 6.23 Å². The van der Waals surface area contributed by atoms with Crippen LogP contribution < -0.4 is 5.32 Å². The van der Waals surface area contributed by atoms with E-state index in [2.05, 4.69) is 43.0 Å². The second-order valence-electron chi connectivity index (χ2n) is 9.77. The summed E-state index contributed by atoms with van der Waals surface area (Å²) in [6.07, 6.45) is 0.360. The van der Waals surface area contributed by atoms with Crippen molar-refractivity contribution < 1.29 is 14.6 Å². The summed E-state index contributed by atoms with van der Waals surface area (Å²) in [7, 11) is -2.04. The van der Waals surface area contributed by atoms with Gasteiger partial charge in [0, 0.05) is 48.9 Å². The minimum atomic E-state index is -1.11. The maximum absolute atomic E-state index is 9.97. The number of morpholine rings is 1. The summed E-state index contributed by atoms with van der Waals surface area (Å²) in [5.74, 6) is 0. The maximum atomic E-state index is 9.97. The fourth-order valence-electron chi connectivity index (χ4n) is 3.16. The van der Waals surface area contributed by atoms with Crippen LogP contribution in [-0.4, -0.2) is 84.5 Å². The number of aliphatic hydroxyl groups excluding tert-OH is 1. The number of nitrogens with zero attached hydrogens (tertiary/aromatic N) is 1. The van der Waals surface area contributed by atoms with Crippen LogP contribution in [0.1, 0.15) is 13.3 Å². The lowest BCUT2D eigenvalue weighted by molar-refractivity contribution is -0.0498. The minimum absolute atomic E-state index is 0.261. The topological polar surface area (TPSA) is 54.0 Å². The van der Waals surface area contributed by atoms with Crippen LogP contribution in [-0.2, 0) is 9.47 Å². The van der Waals surface area contributed by atoms with Gasteiger partial charge in [-0.1, -0.05) is 50.9 Å². The highest BCUT2D eigenvalue weighted by Crippen LogP contribution is 2.24. The molecule has 0 saturated carbocycles. The molecule has 26 heavy (non-hydrogen) atoms. The smallest absolute Gasteiger partial charge is 0.134 e. The van der Waals surface area contributed by atoms with Crippen LogP contribution in [0.3, 0.4) is 0 Å². The Hall–Kier alpha value is 0.234. The molecule has 1 fully saturated rings. The van der Waals surface area contributed by atoms with Gasteiger partial charge in [0.25, 0.3) is 0 Å². The molecule has 0 aromatic rings. The lowest BCUT2D eigenvalue weighted by Gasteiger charge is -2.29. The Balaban J connectivity index is 2.19. The van der Waals surface area contributed by atoms with Gasteiger partial charge < -0.3 is 14.6 Å². The molecule has 0 amide bonds. The highest BCUT2D eigenvalue weighted by atomic mass is 28.3. The van der Waals surface area contributed by atoms with Gasteiger partial charge in [0.15, 0.2) is 0 Å². The zero-order valence-electron chi connectivity index (χ0n) is 18.1. The zero-order valence-corrected chi connectivity index (χ0v) is 20.1. The van der Waals surface area contributed by atoms with Gasteiger partial charge in [-0.25, -0.2) is 0 Å². The van der Waals surface area contributed by atoms with E-state index in [1.54, 1.807) is 6.92 Å². The van der Waals surface area contributed by atoms with Crippen LogP contribution >= 0.6 is 0 Å². The Bertz CT molecular complexity index is 370. The fourth-order valence-corrected chi connectivity index (χ4v) is 10.2. The van der Waals surface area contributed by atoms with Crippen LogP contribution in [0.25, 0.3) is 0 Å². The molecular formula is C19H44N2O3Si2. The first kappa shape index (κ1) is 24.3. The quantitative estimate of drug-likeness (QED) is 0.281. The molecule has 1 aliphatic rings. The summed E-state index contributed by atoms with van der Waals surface area (Å²) >= 11 is 0. The summed E-state index contributed by atoms with van der Waals surface area (Å²) in [5.41, 5.74) is 0. The Morgan fingerprint density at radius 2 is 1.73 bits per heavy atom. The van der Waals surface area contributed by atoms with E-state index in [1.807, 2.05) is 0 Å². The van der Waals surface area contributed by atoms with Crippen molar-refractivity contribution in [1.29, 1.82) is 0 Å². The van der Waals surface area contributed by atoms with E-state index in [0.29, 0.717) is 0 Å². The highest BCUT2D eigenvalue weighted by molar-refractivity contribution is 6.82. The largest absolute Gasteiger partial charge is 0.389 e. The molecule has 0 aromatic heterocycles. The molecule has 1 heterocycles. The molecule has 7 heteroatoms. The lowest BCUT2D eigenvalue weighted by Crippen LogP contribution is -2.46. The minimum Gasteiger partial charge on any atom is -0.389 e. The Morgan fingerprint density at radius 3 is 2.31 bits per heavy atom. The van der Waals surface area contributed by atoms with E-state index in [0.717, 1.165) is 52.4 Å². The molecule has 0 bridgehead atoms. The van der Waals surface area contributed by atoms with Crippen molar-refractivity contribution in [3.63, 3.8) is 0 Å². The van der Waals surface area contributed by atoms with Gasteiger partial charge in [0.2, 0.25) is 0 Å². The second-order valence-corrected chi connectivity index (χ2v) is 20.7. The molecule has 5 nitrogen and oxygen atoms in total. The molecular weight excluding hydrogens is 360 g/mol. The van der Waals surface area contributed by atoms with Crippen molar-refractivity contribution in [1.82, 2.24) is 10.2 Å². The summed E-state index contributed by atoms with van der Waals surface area (Å²) < 4.78 is 11.3. The van der Waals surface area contributed by atoms with Gasteiger partial charge in [-0.3, -0.25) is 10.2 Å². The van der Waals surface area contributed by atoms with Gasteiger partial charge in [-0.05, 0) is 13.3 Å². The van der Waals surface area contributed by atoms with Crippen LogP contribution in [0.15, 0.2) is 0 Å². The van der Waals surface area contributed by atoms with Crippen LogP contribution in [0.4, 0.5) is 0 Å². The fraction of sp³-hybridized carbons (Fsp3) is 1.00. The summed E-state index contributed by atoms with van der Waals surface area (Å²) in [5, 5.41) is 13.3. The molecule has 1 aliphatic heterocycles. The number of rotatable bonds is 13. The van der Waals surface area contributed by atoms with Crippen molar-refractivity contribution in [2.24, 2.45) is 0 Å². The van der Waals surface area contributed by atoms with E-state index < -0.39 is 22.3 Å². The standard InChI is InChI=1S/C19H44N2O3Si2/c1-18(22)19(20-8-9-21-10-13-23-14-11-21)24-12-7-15-26(5,6)17-16-25(2,3)4/h18-20,22H,7-17H2,1-6H3. The monoisotopic (exact) mass is 404 g/mol. The van der Waals surface area contributed by atoms with E-state index >= 15 is 0 Å². The normalized spacial score (nSPS) is 19.5.